The van der Waals surface area contributed by atoms with E-state index in [1.165, 1.54) is 0 Å². The fraction of sp³-hybridized carbons (Fsp3) is 0.318. The Morgan fingerprint density at radius 1 is 1.12 bits per heavy atom. The first kappa shape index (κ1) is 21.8. The Kier molecular flexibility index (Phi) is 6.04. The Morgan fingerprint density at radius 2 is 2.00 bits per heavy atom. The molecule has 0 spiro atoms. The zero-order chi connectivity index (χ0) is 23.5. The van der Waals surface area contributed by atoms with Crippen molar-refractivity contribution in [3.05, 3.63) is 42.5 Å². The maximum atomic E-state index is 14.3. The van der Waals surface area contributed by atoms with Gasteiger partial charge in [0, 0.05) is 6.61 Å². The maximum Gasteiger partial charge on any atom is 0.263 e. The summed E-state index contributed by atoms with van der Waals surface area (Å²) in [5.41, 5.74) is 0.639. The van der Waals surface area contributed by atoms with E-state index in [1.807, 2.05) is 12.1 Å². The summed E-state index contributed by atoms with van der Waals surface area (Å²) in [6.45, 7) is 2.80. The van der Waals surface area contributed by atoms with E-state index in [4.69, 9.17) is 9.47 Å². The van der Waals surface area contributed by atoms with Crippen LogP contribution in [0.5, 0.6) is 5.75 Å². The van der Waals surface area contributed by atoms with Crippen molar-refractivity contribution in [3.63, 3.8) is 0 Å². The SMILES string of the molecule is CC(Nc1ccc(Nc2ncc(F)c(Nc3ccc4c(n3)NC(=O)CO4)n2)cn1)[C@@H]1CCCO1. The lowest BCUT2D eigenvalue weighted by molar-refractivity contribution is -0.118. The van der Waals surface area contributed by atoms with Gasteiger partial charge in [-0.25, -0.2) is 19.3 Å². The zero-order valence-corrected chi connectivity index (χ0v) is 18.3. The Bertz CT molecular complexity index is 1190. The second-order valence-electron chi connectivity index (χ2n) is 7.94. The Morgan fingerprint density at radius 3 is 2.79 bits per heavy atom. The van der Waals surface area contributed by atoms with Crippen LogP contribution in [0.15, 0.2) is 36.7 Å². The second kappa shape index (κ2) is 9.43. The first-order valence-corrected chi connectivity index (χ1v) is 10.9. The number of fused-ring (bicyclic) bond motifs is 1. The Balaban J connectivity index is 1.25. The van der Waals surface area contributed by atoms with Crippen molar-refractivity contribution in [1.82, 2.24) is 19.9 Å². The molecule has 5 heterocycles. The molecule has 0 saturated carbocycles. The molecule has 0 aromatic carbocycles. The number of hydrogen-bond donors (Lipinski definition) is 4. The topological polar surface area (TPSA) is 135 Å². The van der Waals surface area contributed by atoms with Crippen molar-refractivity contribution in [2.24, 2.45) is 0 Å². The molecule has 2 atom stereocenters. The number of nitrogens with zero attached hydrogens (tertiary/aromatic N) is 4. The first-order valence-electron chi connectivity index (χ1n) is 10.9. The molecule has 5 rings (SSSR count). The molecule has 3 aromatic heterocycles. The van der Waals surface area contributed by atoms with Gasteiger partial charge in [-0.2, -0.15) is 4.98 Å². The lowest BCUT2D eigenvalue weighted by atomic mass is 10.1. The second-order valence-corrected chi connectivity index (χ2v) is 7.94. The smallest absolute Gasteiger partial charge is 0.263 e. The molecule has 1 amide bonds. The highest BCUT2D eigenvalue weighted by Gasteiger charge is 2.22. The van der Waals surface area contributed by atoms with Crippen LogP contribution in [0.2, 0.25) is 0 Å². The molecule has 0 radical (unpaired) electrons. The summed E-state index contributed by atoms with van der Waals surface area (Å²) in [5, 5.41) is 11.8. The van der Waals surface area contributed by atoms with Gasteiger partial charge < -0.3 is 30.7 Å². The van der Waals surface area contributed by atoms with E-state index < -0.39 is 5.82 Å². The molecule has 3 aromatic rings. The van der Waals surface area contributed by atoms with Gasteiger partial charge in [0.25, 0.3) is 5.91 Å². The standard InChI is InChI=1S/C22H23FN8O3/c1-12(15-3-2-8-33-15)26-17-6-4-13(9-24-17)27-22-25-10-14(23)20(31-22)28-18-7-5-16-21(29-18)30-19(32)11-34-16/h4-7,9-10,12,15H,2-3,8,11H2,1H3,(H,24,26)(H3,25,27,28,29,30,31,32)/t12?,15-/m0/s1. The average molecular weight is 466 g/mol. The molecule has 11 nitrogen and oxygen atoms in total. The summed E-state index contributed by atoms with van der Waals surface area (Å²) in [7, 11) is 0. The molecule has 0 bridgehead atoms. The van der Waals surface area contributed by atoms with Gasteiger partial charge in [0.15, 0.2) is 29.8 Å². The molecule has 2 aliphatic rings. The van der Waals surface area contributed by atoms with Crippen molar-refractivity contribution in [1.29, 1.82) is 0 Å². The van der Waals surface area contributed by atoms with Crippen LogP contribution in [0.1, 0.15) is 19.8 Å². The molecule has 34 heavy (non-hydrogen) atoms. The number of pyridine rings is 2. The van der Waals surface area contributed by atoms with Crippen molar-refractivity contribution < 1.29 is 18.7 Å². The number of nitrogens with one attached hydrogen (secondary N) is 4. The van der Waals surface area contributed by atoms with Crippen LogP contribution in [0, 0.1) is 5.82 Å². The number of anilines is 6. The normalized spacial score (nSPS) is 17.8. The summed E-state index contributed by atoms with van der Waals surface area (Å²) >= 11 is 0. The van der Waals surface area contributed by atoms with Gasteiger partial charge in [0.2, 0.25) is 5.95 Å². The number of carbonyl (C=O) groups is 1. The molecule has 0 aliphatic carbocycles. The van der Waals surface area contributed by atoms with Gasteiger partial charge in [0.05, 0.1) is 30.2 Å². The highest BCUT2D eigenvalue weighted by atomic mass is 19.1. The van der Waals surface area contributed by atoms with Crippen LogP contribution in [-0.4, -0.2) is 51.2 Å². The lowest BCUT2D eigenvalue weighted by Crippen LogP contribution is -2.30. The van der Waals surface area contributed by atoms with Crippen molar-refractivity contribution in [3.8, 4) is 5.75 Å². The predicted octanol–water partition coefficient (Wildman–Crippen LogP) is 3.20. The van der Waals surface area contributed by atoms with E-state index >= 15 is 0 Å². The first-order chi connectivity index (χ1) is 16.5. The number of carbonyl (C=O) groups excluding carboxylic acids is 1. The minimum Gasteiger partial charge on any atom is -0.480 e. The molecule has 176 valence electrons. The number of hydrogen-bond acceptors (Lipinski definition) is 10. The molecular weight excluding hydrogens is 443 g/mol. The quantitative estimate of drug-likeness (QED) is 0.411. The third kappa shape index (κ3) is 4.96. The molecule has 12 heteroatoms. The summed E-state index contributed by atoms with van der Waals surface area (Å²) in [5.74, 6) is 0.822. The van der Waals surface area contributed by atoms with E-state index in [0.717, 1.165) is 31.5 Å². The monoisotopic (exact) mass is 466 g/mol. The molecule has 4 N–H and O–H groups in total. The van der Waals surface area contributed by atoms with Crippen molar-refractivity contribution in [2.75, 3.05) is 34.5 Å². The number of aromatic nitrogens is 4. The molecular formula is C22H23FN8O3. The Labute approximate surface area is 194 Å². The van der Waals surface area contributed by atoms with Crippen LogP contribution < -0.4 is 26.0 Å². The summed E-state index contributed by atoms with van der Waals surface area (Å²) in [6.07, 6.45) is 4.99. The average Bonchev–Trinajstić information content (AvgIpc) is 3.38. The van der Waals surface area contributed by atoms with Crippen LogP contribution in [-0.2, 0) is 9.53 Å². The van der Waals surface area contributed by atoms with Crippen LogP contribution in [0.25, 0.3) is 0 Å². The minimum atomic E-state index is -0.661. The number of amides is 1. The molecule has 2 aliphatic heterocycles. The summed E-state index contributed by atoms with van der Waals surface area (Å²) in [4.78, 5) is 28.3. The molecule has 1 fully saturated rings. The number of halogens is 1. The molecule has 1 unspecified atom stereocenters. The van der Waals surface area contributed by atoms with Gasteiger partial charge in [-0.05, 0) is 44.0 Å². The van der Waals surface area contributed by atoms with Gasteiger partial charge in [0.1, 0.15) is 11.6 Å². The number of rotatable bonds is 7. The lowest BCUT2D eigenvalue weighted by Gasteiger charge is -2.20. The van der Waals surface area contributed by atoms with Gasteiger partial charge in [-0.15, -0.1) is 0 Å². The summed E-state index contributed by atoms with van der Waals surface area (Å²) < 4.78 is 25.3. The third-order valence-corrected chi connectivity index (χ3v) is 5.38. The fourth-order valence-electron chi connectivity index (χ4n) is 3.68. The van der Waals surface area contributed by atoms with Crippen molar-refractivity contribution >= 4 is 40.8 Å². The van der Waals surface area contributed by atoms with E-state index in [9.17, 15) is 9.18 Å². The maximum absolute atomic E-state index is 14.3. The van der Waals surface area contributed by atoms with Crippen LogP contribution in [0.3, 0.4) is 0 Å². The van der Waals surface area contributed by atoms with E-state index in [-0.39, 0.29) is 48.1 Å². The third-order valence-electron chi connectivity index (χ3n) is 5.38. The van der Waals surface area contributed by atoms with Crippen molar-refractivity contribution in [2.45, 2.75) is 31.9 Å². The Hall–Kier alpha value is -4.06. The van der Waals surface area contributed by atoms with E-state index in [2.05, 4.69) is 48.1 Å². The molecule has 1 saturated heterocycles. The van der Waals surface area contributed by atoms with E-state index in [0.29, 0.717) is 11.4 Å². The highest BCUT2D eigenvalue weighted by Crippen LogP contribution is 2.28. The number of ether oxygens (including phenoxy) is 2. The zero-order valence-electron chi connectivity index (χ0n) is 18.3. The van der Waals surface area contributed by atoms with Gasteiger partial charge in [-0.1, -0.05) is 0 Å². The predicted molar refractivity (Wildman–Crippen MR) is 123 cm³/mol. The van der Waals surface area contributed by atoms with Gasteiger partial charge in [-0.3, -0.25) is 4.79 Å². The summed E-state index contributed by atoms with van der Waals surface area (Å²) in [6, 6.07) is 7.04. The minimum absolute atomic E-state index is 0.0725. The fourth-order valence-corrected chi connectivity index (χ4v) is 3.68. The highest BCUT2D eigenvalue weighted by molar-refractivity contribution is 5.94. The largest absolute Gasteiger partial charge is 0.480 e. The van der Waals surface area contributed by atoms with Crippen LogP contribution in [0.4, 0.5) is 39.3 Å². The van der Waals surface area contributed by atoms with Gasteiger partial charge >= 0.3 is 0 Å². The van der Waals surface area contributed by atoms with Crippen LogP contribution >= 0.6 is 0 Å². The van der Waals surface area contributed by atoms with E-state index in [1.54, 1.807) is 18.3 Å².